The van der Waals surface area contributed by atoms with Gasteiger partial charge in [0.05, 0.1) is 118 Å². The minimum Gasteiger partial charge on any atom is -0.488 e. The van der Waals surface area contributed by atoms with Crippen molar-refractivity contribution in [1.82, 2.24) is 105 Å². The maximum absolute atomic E-state index is 10.1. The number of aryl methyl sites for hydroxylation is 1. The van der Waals surface area contributed by atoms with Crippen molar-refractivity contribution < 1.29 is 28.5 Å². The summed E-state index contributed by atoms with van der Waals surface area (Å²) >= 11 is 0. The van der Waals surface area contributed by atoms with Crippen LogP contribution in [0.25, 0.3) is 79.6 Å². The topological polar surface area (TPSA) is 377 Å². The highest BCUT2D eigenvalue weighted by atomic mass is 16.5. The molecular weight excluding hydrogens is 1270 g/mol. The molecule has 1 aliphatic heterocycles. The fraction of sp³-hybridized carbons (Fsp3) is 0.366. The molecule has 13 aromatic heterocycles. The Morgan fingerprint density at radius 1 is 0.490 bits per heavy atom. The van der Waals surface area contributed by atoms with Gasteiger partial charge in [-0.25, -0.2) is 24.9 Å². The number of pyridine rings is 4. The van der Waals surface area contributed by atoms with Crippen LogP contribution in [0.2, 0.25) is 0 Å². The summed E-state index contributed by atoms with van der Waals surface area (Å²) in [5.41, 5.74) is 14.2. The third-order valence-electron chi connectivity index (χ3n) is 19.0. The molecule has 0 radical (unpaired) electrons. The van der Waals surface area contributed by atoms with Gasteiger partial charge in [0, 0.05) is 62.2 Å². The Morgan fingerprint density at radius 2 is 0.970 bits per heavy atom. The number of nitrogens with zero attached hydrogens (tertiary/aromatic N) is 20. The van der Waals surface area contributed by atoms with Crippen molar-refractivity contribution in [2.24, 2.45) is 24.8 Å². The molecule has 3 fully saturated rings. The van der Waals surface area contributed by atoms with E-state index in [0.29, 0.717) is 84.1 Å². The normalized spacial score (nSPS) is 16.4. The maximum Gasteiger partial charge on any atom is 0.261 e. The van der Waals surface area contributed by atoms with E-state index in [4.69, 9.17) is 49.0 Å². The molecule has 13 aromatic rings. The quantitative estimate of drug-likeness (QED) is 0.0502. The summed E-state index contributed by atoms with van der Waals surface area (Å²) in [5.74, 6) is 6.41. The average Bonchev–Trinajstić information content (AvgIpc) is 1.58. The first kappa shape index (κ1) is 64.7. The number of hydrogen-bond donors (Lipinski definition) is 5. The molecule has 0 spiro atoms. The lowest BCUT2D eigenvalue weighted by atomic mass is 9.77. The third-order valence-corrected chi connectivity index (χ3v) is 19.0. The number of nitrogens with one attached hydrogen (secondary N) is 2. The zero-order valence-electron chi connectivity index (χ0n) is 56.6. The number of aromatic nitrogens is 21. The summed E-state index contributed by atoms with van der Waals surface area (Å²) in [7, 11) is 1.85. The van der Waals surface area contributed by atoms with Crippen LogP contribution in [-0.2, 0) is 36.4 Å². The summed E-state index contributed by atoms with van der Waals surface area (Å²) in [6, 6.07) is 16.0. The first-order chi connectivity index (χ1) is 48.1. The van der Waals surface area contributed by atoms with E-state index >= 15 is 0 Å². The lowest BCUT2D eigenvalue weighted by Crippen LogP contribution is -2.28. The summed E-state index contributed by atoms with van der Waals surface area (Å²) in [5, 5.41) is 49.2. The number of nitrogens with two attached hydrogens (primary N) is 1. The van der Waals surface area contributed by atoms with Gasteiger partial charge in [0.2, 0.25) is 0 Å². The molecule has 510 valence electrons. The van der Waals surface area contributed by atoms with Gasteiger partial charge in [0.15, 0.2) is 34.7 Å². The van der Waals surface area contributed by atoms with Gasteiger partial charge < -0.3 is 44.6 Å². The van der Waals surface area contributed by atoms with E-state index in [0.717, 1.165) is 130 Å². The van der Waals surface area contributed by atoms with Crippen LogP contribution >= 0.6 is 0 Å². The molecule has 29 heteroatoms. The van der Waals surface area contributed by atoms with E-state index in [1.807, 2.05) is 87.0 Å². The molecule has 3 saturated carbocycles. The fourth-order valence-electron chi connectivity index (χ4n) is 12.9. The highest BCUT2D eigenvalue weighted by molar-refractivity contribution is 5.73. The largest absolute Gasteiger partial charge is 0.488 e. The van der Waals surface area contributed by atoms with Gasteiger partial charge in [0.1, 0.15) is 29.3 Å². The molecule has 3 aliphatic carbocycles. The van der Waals surface area contributed by atoms with Crippen molar-refractivity contribution in [1.29, 1.82) is 0 Å². The van der Waals surface area contributed by atoms with Gasteiger partial charge in [-0.2, -0.15) is 30.2 Å². The minimum absolute atomic E-state index is 0.368. The molecule has 0 saturated heterocycles. The summed E-state index contributed by atoms with van der Waals surface area (Å²) in [4.78, 5) is 53.3. The predicted octanol–water partition coefficient (Wildman–Crippen LogP) is 10.1. The summed E-state index contributed by atoms with van der Waals surface area (Å²) in [6.45, 7) is 15.6. The number of nitrogen functional groups attached to an aromatic ring is 1. The molecule has 4 aliphatic rings. The molecule has 14 heterocycles. The standard InChI is InChI=1S/C26H29N7O3.C25H26N8O2.C20H20N8O/c1-25(2,34)15-33-14-17(12-30-33)23-31-24(32-36-23)26(3,18-4-5-18)19-6-7-20(28-13-19)16-10-21-22(29-11-16)27-8-9-35-21;1-24(2,34)14-33-13-15(10-29-33)22-31-23(32-35-22)25(3,16-4-5-16)17-6-7-18(27-11-17)20-12-28-21-19(30-20)8-9-26-21;1-20(13-3-4-13,19-26-18(29-27-19)12-7-25-28(2)11-12)14-5-6-15(22-8-14)16-9-24-17(21)10-23-16/h6-7,10-14,18,34H,4-5,8-9,15H2,1-3H3,(H,27,29);6-13,16,34H,4-5,14H2,1-3H3,(H,26,28);5-11,13H,3-4H2,1-2H3,(H2,21,24)/t26-;25-;/m11./s1. The summed E-state index contributed by atoms with van der Waals surface area (Å²) < 4.78 is 27.6. The lowest BCUT2D eigenvalue weighted by molar-refractivity contribution is 0.0571. The highest BCUT2D eigenvalue weighted by Gasteiger charge is 2.50. The second-order valence-electron chi connectivity index (χ2n) is 28.0. The van der Waals surface area contributed by atoms with Gasteiger partial charge in [-0.15, -0.1) is 0 Å². The number of rotatable bonds is 19. The van der Waals surface area contributed by atoms with Crippen molar-refractivity contribution in [3.05, 3.63) is 169 Å². The van der Waals surface area contributed by atoms with E-state index in [1.165, 1.54) is 6.20 Å². The Labute approximate surface area is 573 Å². The van der Waals surface area contributed by atoms with Crippen LogP contribution in [0.5, 0.6) is 5.75 Å². The average molecular weight is 1350 g/mol. The number of ether oxygens (including phenoxy) is 1. The van der Waals surface area contributed by atoms with Crippen LogP contribution < -0.4 is 15.8 Å². The third kappa shape index (κ3) is 13.3. The van der Waals surface area contributed by atoms with Gasteiger partial charge in [-0.3, -0.25) is 29.0 Å². The number of fused-ring (bicyclic) bond motifs is 2. The van der Waals surface area contributed by atoms with E-state index < -0.39 is 22.0 Å². The molecule has 6 N–H and O–H groups in total. The van der Waals surface area contributed by atoms with Crippen LogP contribution in [0, 0.1) is 17.8 Å². The molecule has 17 rings (SSSR count). The van der Waals surface area contributed by atoms with Gasteiger partial charge in [-0.05, 0) is 152 Å². The first-order valence-electron chi connectivity index (χ1n) is 33.3. The van der Waals surface area contributed by atoms with Crippen molar-refractivity contribution in [3.8, 4) is 74.1 Å². The second-order valence-corrected chi connectivity index (χ2v) is 28.0. The SMILES string of the molecule is CC(C)(O)Cn1cc(-c2nc([C@@](C)(c3ccc(-c4cnc5[nH]ccc5n4)nc3)C3CC3)no2)cn1.CC(C)(O)Cn1cc(-c2nc([C@@](C)(c3ccc(-c4cnc5c(c4)OCCN5)nc3)C3CC3)no2)cn1.Cn1cc(-c2nc(C(C)(c3ccc(-c4cnc(N)cn4)nc3)C3CC3)no2)cn1. The zero-order valence-corrected chi connectivity index (χ0v) is 56.6. The molecule has 100 heavy (non-hydrogen) atoms. The molecule has 0 aromatic carbocycles. The number of anilines is 2. The Morgan fingerprint density at radius 3 is 1.43 bits per heavy atom. The van der Waals surface area contributed by atoms with E-state index in [1.54, 1.807) is 72.7 Å². The number of H-pyrrole nitrogens is 1. The summed E-state index contributed by atoms with van der Waals surface area (Å²) in [6.07, 6.45) is 31.4. The van der Waals surface area contributed by atoms with Crippen LogP contribution in [0.4, 0.5) is 11.6 Å². The van der Waals surface area contributed by atoms with Crippen LogP contribution in [0.1, 0.15) is 121 Å². The maximum atomic E-state index is 10.1. The van der Waals surface area contributed by atoms with Crippen LogP contribution in [0.15, 0.2) is 149 Å². The number of aromatic amines is 1. The first-order valence-corrected chi connectivity index (χ1v) is 33.3. The molecule has 3 atom stereocenters. The zero-order chi connectivity index (χ0) is 69.1. The van der Waals surface area contributed by atoms with E-state index in [2.05, 4.69) is 110 Å². The van der Waals surface area contributed by atoms with Crippen molar-refractivity contribution in [2.45, 2.75) is 128 Å². The van der Waals surface area contributed by atoms with Crippen molar-refractivity contribution in [2.75, 3.05) is 24.2 Å². The monoisotopic (exact) mass is 1350 g/mol. The Kier molecular flexibility index (Phi) is 16.5. The van der Waals surface area contributed by atoms with E-state index in [-0.39, 0.29) is 5.41 Å². The van der Waals surface area contributed by atoms with Gasteiger partial charge in [0.25, 0.3) is 17.7 Å². The Balaban J connectivity index is 0.000000123. The Bertz CT molecular complexity index is 5010. The molecular formula is C71H75N23O6. The smallest absolute Gasteiger partial charge is 0.261 e. The predicted molar refractivity (Wildman–Crippen MR) is 366 cm³/mol. The highest BCUT2D eigenvalue weighted by Crippen LogP contribution is 2.53. The minimum atomic E-state index is -0.869. The van der Waals surface area contributed by atoms with Crippen LogP contribution in [0.3, 0.4) is 0 Å². The molecule has 0 bridgehead atoms. The number of aliphatic hydroxyl groups is 2. The van der Waals surface area contributed by atoms with Crippen LogP contribution in [-0.4, -0.2) is 139 Å². The van der Waals surface area contributed by atoms with Crippen molar-refractivity contribution in [3.63, 3.8) is 0 Å². The van der Waals surface area contributed by atoms with E-state index in [9.17, 15) is 10.2 Å². The Hall–Kier alpha value is -11.3. The van der Waals surface area contributed by atoms with Crippen molar-refractivity contribution >= 4 is 22.8 Å². The lowest BCUT2D eigenvalue weighted by Gasteiger charge is -2.26. The molecule has 29 nitrogen and oxygen atoms in total. The van der Waals surface area contributed by atoms with Gasteiger partial charge >= 0.3 is 0 Å². The van der Waals surface area contributed by atoms with Gasteiger partial charge in [-0.1, -0.05) is 33.7 Å². The second kappa shape index (κ2) is 25.5. The fourth-order valence-corrected chi connectivity index (χ4v) is 12.9. The molecule has 1 unspecified atom stereocenters. The number of hydrogen-bond acceptors (Lipinski definition) is 25. The molecule has 0 amide bonds.